The normalized spacial score (nSPS) is 12.0. The van der Waals surface area contributed by atoms with Crippen molar-refractivity contribution in [2.24, 2.45) is 0 Å². The van der Waals surface area contributed by atoms with Gasteiger partial charge in [0.2, 0.25) is 0 Å². The molecule has 8 nitrogen and oxygen atoms in total. The molecule has 0 spiro atoms. The summed E-state index contributed by atoms with van der Waals surface area (Å²) in [5.74, 6) is 0.135. The third kappa shape index (κ3) is 4.93. The third-order valence-corrected chi connectivity index (χ3v) is 8.88. The van der Waals surface area contributed by atoms with Crippen LogP contribution >= 0.6 is 11.3 Å². The largest absolute Gasteiger partial charge is 0.508 e. The molecule has 1 atom stereocenters. The van der Waals surface area contributed by atoms with Crippen molar-refractivity contribution in [3.63, 3.8) is 0 Å². The fourth-order valence-corrected chi connectivity index (χ4v) is 6.51. The number of aryl methyl sites for hydroxylation is 2. The highest BCUT2D eigenvalue weighted by Gasteiger charge is 2.28. The van der Waals surface area contributed by atoms with Crippen LogP contribution in [0.2, 0.25) is 0 Å². The molecule has 0 bridgehead atoms. The van der Waals surface area contributed by atoms with Crippen LogP contribution < -0.4 is 5.32 Å². The van der Waals surface area contributed by atoms with Gasteiger partial charge in [0.1, 0.15) is 5.75 Å². The van der Waals surface area contributed by atoms with Crippen LogP contribution in [0.15, 0.2) is 109 Å². The summed E-state index contributed by atoms with van der Waals surface area (Å²) in [7, 11) is 0. The maximum absolute atomic E-state index is 11.5. The number of rotatable bonds is 7. The molecule has 0 aliphatic rings. The number of hydrogen-bond acceptors (Lipinski definition) is 7. The minimum atomic E-state index is -0.577. The molecule has 7 rings (SSSR count). The number of para-hydroxylation sites is 1. The van der Waals surface area contributed by atoms with E-state index in [1.54, 1.807) is 34.2 Å². The molecule has 1 unspecified atom stereocenters. The number of thiazole rings is 1. The Morgan fingerprint density at radius 2 is 1.64 bits per heavy atom. The van der Waals surface area contributed by atoms with Gasteiger partial charge in [-0.3, -0.25) is 10.1 Å². The van der Waals surface area contributed by atoms with Crippen LogP contribution in [0.5, 0.6) is 5.75 Å². The van der Waals surface area contributed by atoms with Gasteiger partial charge in [0, 0.05) is 35.0 Å². The van der Waals surface area contributed by atoms with Crippen molar-refractivity contribution in [2.45, 2.75) is 19.9 Å². The van der Waals surface area contributed by atoms with Crippen molar-refractivity contribution in [1.29, 1.82) is 0 Å². The van der Waals surface area contributed by atoms with Gasteiger partial charge in [-0.15, -0.1) is 0 Å². The monoisotopic (exact) mass is 597 g/mol. The van der Waals surface area contributed by atoms with E-state index in [9.17, 15) is 15.2 Å². The summed E-state index contributed by atoms with van der Waals surface area (Å²) in [5, 5.41) is 34.1. The van der Waals surface area contributed by atoms with Crippen LogP contribution in [-0.4, -0.2) is 24.8 Å². The Labute approximate surface area is 257 Å². The Hall–Kier alpha value is -5.54. The first-order valence-corrected chi connectivity index (χ1v) is 14.9. The number of non-ortho nitro benzene ring substituents is 1. The fraction of sp³-hybridized carbons (Fsp3) is 0.0857. The van der Waals surface area contributed by atoms with Crippen LogP contribution in [0, 0.1) is 24.0 Å². The number of nitro benzene ring substituents is 1. The first-order chi connectivity index (χ1) is 21.4. The predicted molar refractivity (Wildman–Crippen MR) is 176 cm³/mol. The van der Waals surface area contributed by atoms with Gasteiger partial charge < -0.3 is 10.4 Å². The van der Waals surface area contributed by atoms with Crippen LogP contribution in [-0.2, 0) is 0 Å². The molecule has 0 amide bonds. The highest BCUT2D eigenvalue weighted by molar-refractivity contribution is 7.22. The average molecular weight is 598 g/mol. The summed E-state index contributed by atoms with van der Waals surface area (Å²) >= 11 is 1.55. The molecule has 2 heterocycles. The molecule has 216 valence electrons. The molecule has 0 saturated carbocycles. The van der Waals surface area contributed by atoms with E-state index in [1.807, 2.05) is 66.9 Å². The first-order valence-electron chi connectivity index (χ1n) is 14.1. The lowest BCUT2D eigenvalue weighted by atomic mass is 9.91. The lowest BCUT2D eigenvalue weighted by Crippen LogP contribution is -2.13. The van der Waals surface area contributed by atoms with Gasteiger partial charge in [-0.05, 0) is 78.2 Å². The number of hydrogen-bond donors (Lipinski definition) is 2. The third-order valence-electron chi connectivity index (χ3n) is 7.93. The molecule has 0 saturated heterocycles. The van der Waals surface area contributed by atoms with Gasteiger partial charge in [0.15, 0.2) is 5.13 Å². The minimum Gasteiger partial charge on any atom is -0.508 e. The maximum Gasteiger partial charge on any atom is 0.269 e. The van der Waals surface area contributed by atoms with E-state index in [1.165, 1.54) is 23.3 Å². The van der Waals surface area contributed by atoms with Crippen molar-refractivity contribution in [3.05, 3.63) is 142 Å². The topological polar surface area (TPSA) is 106 Å². The van der Waals surface area contributed by atoms with Crippen molar-refractivity contribution in [1.82, 2.24) is 14.8 Å². The molecule has 7 aromatic rings. The number of fused-ring (bicyclic) bond motifs is 2. The van der Waals surface area contributed by atoms with Gasteiger partial charge in [0.05, 0.1) is 32.6 Å². The Balaban J connectivity index is 1.47. The van der Waals surface area contributed by atoms with E-state index in [0.29, 0.717) is 22.0 Å². The maximum atomic E-state index is 11.5. The zero-order valence-electron chi connectivity index (χ0n) is 23.9. The Bertz CT molecular complexity index is 2130. The molecular formula is C35H27N5O3S. The molecule has 44 heavy (non-hydrogen) atoms. The van der Waals surface area contributed by atoms with Crippen molar-refractivity contribution >= 4 is 43.1 Å². The Morgan fingerprint density at radius 1 is 0.909 bits per heavy atom. The highest BCUT2D eigenvalue weighted by Crippen LogP contribution is 2.42. The first kappa shape index (κ1) is 27.3. The second-order valence-electron chi connectivity index (χ2n) is 10.7. The molecule has 5 aromatic carbocycles. The fourth-order valence-electron chi connectivity index (χ4n) is 5.53. The van der Waals surface area contributed by atoms with Gasteiger partial charge in [0.25, 0.3) is 5.69 Å². The molecule has 0 radical (unpaired) electrons. The summed E-state index contributed by atoms with van der Waals surface area (Å²) in [6.07, 6.45) is 1.95. The van der Waals surface area contributed by atoms with Crippen LogP contribution in [0.25, 0.3) is 37.9 Å². The second-order valence-corrected chi connectivity index (χ2v) is 11.8. The zero-order valence-corrected chi connectivity index (χ0v) is 24.7. The van der Waals surface area contributed by atoms with Crippen molar-refractivity contribution < 1.29 is 10.0 Å². The van der Waals surface area contributed by atoms with Gasteiger partial charge in [-0.2, -0.15) is 5.10 Å². The lowest BCUT2D eigenvalue weighted by Gasteiger charge is -2.22. The summed E-state index contributed by atoms with van der Waals surface area (Å²) < 4.78 is 2.86. The molecule has 0 aliphatic heterocycles. The van der Waals surface area contributed by atoms with Crippen molar-refractivity contribution in [2.75, 3.05) is 5.32 Å². The van der Waals surface area contributed by atoms with Crippen LogP contribution in [0.4, 0.5) is 10.8 Å². The van der Waals surface area contributed by atoms with Crippen molar-refractivity contribution in [3.8, 4) is 22.7 Å². The van der Waals surface area contributed by atoms with E-state index in [2.05, 4.69) is 31.3 Å². The van der Waals surface area contributed by atoms with Gasteiger partial charge in [-0.1, -0.05) is 59.9 Å². The predicted octanol–water partition coefficient (Wildman–Crippen LogP) is 8.73. The highest BCUT2D eigenvalue weighted by atomic mass is 32.1. The standard InChI is InChI=1S/C35H27N5O3S/c1-21-18-29-31(19-22(21)2)44-35(36-29)37-34(32-27-11-7-6-8-23(27)14-17-30(32)41)28-20-39(25-9-4-3-5-10-25)38-33(28)24-12-15-26(16-13-24)40(42)43/h3-20,34,41H,1-2H3,(H,36,37). The van der Waals surface area contributed by atoms with E-state index in [4.69, 9.17) is 10.1 Å². The number of nitrogens with zero attached hydrogens (tertiary/aromatic N) is 4. The molecule has 2 N–H and O–H groups in total. The molecular weight excluding hydrogens is 570 g/mol. The summed E-state index contributed by atoms with van der Waals surface area (Å²) in [4.78, 5) is 15.9. The molecule has 0 fully saturated rings. The Morgan fingerprint density at radius 3 is 2.41 bits per heavy atom. The molecule has 2 aromatic heterocycles. The number of benzene rings is 5. The smallest absolute Gasteiger partial charge is 0.269 e. The van der Waals surface area contributed by atoms with E-state index < -0.39 is 11.0 Å². The summed E-state index contributed by atoms with van der Waals surface area (Å²) in [5.41, 5.74) is 6.92. The van der Waals surface area contributed by atoms with Crippen LogP contribution in [0.1, 0.15) is 28.3 Å². The quantitative estimate of drug-likeness (QED) is 0.141. The van der Waals surface area contributed by atoms with E-state index in [-0.39, 0.29) is 11.4 Å². The van der Waals surface area contributed by atoms with E-state index >= 15 is 0 Å². The minimum absolute atomic E-state index is 0.000715. The number of anilines is 1. The Kier molecular flexibility index (Phi) is 6.79. The number of phenolic OH excluding ortho intramolecular Hbond substituents is 1. The lowest BCUT2D eigenvalue weighted by molar-refractivity contribution is -0.384. The average Bonchev–Trinajstić information content (AvgIpc) is 3.65. The number of nitrogens with one attached hydrogen (secondary N) is 1. The summed E-state index contributed by atoms with van der Waals surface area (Å²) in [6, 6.07) is 31.4. The zero-order chi connectivity index (χ0) is 30.4. The molecule has 9 heteroatoms. The van der Waals surface area contributed by atoms with Gasteiger partial charge in [-0.25, -0.2) is 9.67 Å². The molecule has 0 aliphatic carbocycles. The SMILES string of the molecule is Cc1cc2nc(NC(c3cn(-c4ccccc4)nc3-c3ccc([N+](=O)[O-])cc3)c3c(O)ccc4ccccc34)sc2cc1C. The second kappa shape index (κ2) is 10.9. The summed E-state index contributed by atoms with van der Waals surface area (Å²) in [6.45, 7) is 4.17. The van der Waals surface area contributed by atoms with Gasteiger partial charge >= 0.3 is 0 Å². The number of aromatic hydroxyl groups is 1. The number of nitro groups is 1. The number of aromatic nitrogens is 3. The van der Waals surface area contributed by atoms with E-state index in [0.717, 1.165) is 32.2 Å². The van der Waals surface area contributed by atoms with Crippen LogP contribution in [0.3, 0.4) is 0 Å². The number of phenols is 1.